The molecule has 0 fully saturated rings. The van der Waals surface area contributed by atoms with Gasteiger partial charge in [0.05, 0.1) is 6.67 Å². The largest absolute Gasteiger partial charge is 0.359 e. The van der Waals surface area contributed by atoms with Gasteiger partial charge in [-0.1, -0.05) is 0 Å². The molecule has 66 valence electrons. The molecule has 1 aliphatic rings. The van der Waals surface area contributed by atoms with Gasteiger partial charge >= 0.3 is 6.55 Å². The average Bonchev–Trinajstić information content (AvgIpc) is 2.34. The van der Waals surface area contributed by atoms with Gasteiger partial charge < -0.3 is 9.80 Å². The Labute approximate surface area is 75.2 Å². The highest BCUT2D eigenvalue weighted by molar-refractivity contribution is 8.93. The molecule has 0 aromatic heterocycles. The van der Waals surface area contributed by atoms with Gasteiger partial charge in [-0.05, 0) is 6.92 Å². The summed E-state index contributed by atoms with van der Waals surface area (Å²) in [6.07, 6.45) is 3.08. The minimum absolute atomic E-state index is 0. The Hall–Kier alpha value is -0.320. The fraction of sp³-hybridized carbons (Fsp3) is 0.667. The van der Waals surface area contributed by atoms with Crippen molar-refractivity contribution in [3.05, 3.63) is 12.4 Å². The van der Waals surface area contributed by atoms with E-state index < -0.39 is 6.55 Å². The molecule has 0 atom stereocenters. The van der Waals surface area contributed by atoms with Crippen LogP contribution in [0.2, 0.25) is 0 Å². The van der Waals surface area contributed by atoms with E-state index in [9.17, 15) is 8.78 Å². The van der Waals surface area contributed by atoms with Crippen LogP contribution in [0.15, 0.2) is 12.4 Å². The summed E-state index contributed by atoms with van der Waals surface area (Å²) in [6, 6.07) is 0. The van der Waals surface area contributed by atoms with Crippen LogP contribution >= 0.6 is 17.0 Å². The maximum atomic E-state index is 11.9. The van der Waals surface area contributed by atoms with Gasteiger partial charge in [-0.3, -0.25) is 0 Å². The van der Waals surface area contributed by atoms with Gasteiger partial charge in [0.25, 0.3) is 0 Å². The highest BCUT2D eigenvalue weighted by Crippen LogP contribution is 2.11. The number of rotatable bonds is 2. The SMILES string of the molecule is Br.CCN1C=CN(C(F)F)C1. The first-order valence-corrected chi connectivity index (χ1v) is 3.20. The van der Waals surface area contributed by atoms with Crippen molar-refractivity contribution >= 4 is 17.0 Å². The zero-order valence-corrected chi connectivity index (χ0v) is 7.92. The molecule has 0 amide bonds. The molecule has 0 spiro atoms. The lowest BCUT2D eigenvalue weighted by Gasteiger charge is -2.18. The van der Waals surface area contributed by atoms with Crippen LogP contribution in [0.25, 0.3) is 0 Å². The first-order chi connectivity index (χ1) is 4.74. The third-order valence-corrected chi connectivity index (χ3v) is 1.47. The van der Waals surface area contributed by atoms with Crippen molar-refractivity contribution in [1.82, 2.24) is 9.80 Å². The van der Waals surface area contributed by atoms with E-state index in [4.69, 9.17) is 0 Å². The molecule has 0 saturated heterocycles. The maximum Gasteiger partial charge on any atom is 0.316 e. The van der Waals surface area contributed by atoms with Crippen LogP contribution in [-0.2, 0) is 0 Å². The summed E-state index contributed by atoms with van der Waals surface area (Å²) < 4.78 is 23.8. The Morgan fingerprint density at radius 3 is 2.36 bits per heavy atom. The zero-order valence-electron chi connectivity index (χ0n) is 6.20. The van der Waals surface area contributed by atoms with Crippen LogP contribution in [0.4, 0.5) is 8.78 Å². The summed E-state index contributed by atoms with van der Waals surface area (Å²) in [5, 5.41) is 0. The van der Waals surface area contributed by atoms with E-state index >= 15 is 0 Å². The molecule has 1 heterocycles. The minimum Gasteiger partial charge on any atom is -0.359 e. The second-order valence-electron chi connectivity index (χ2n) is 2.14. The summed E-state index contributed by atoms with van der Waals surface area (Å²) >= 11 is 0. The topological polar surface area (TPSA) is 6.48 Å². The van der Waals surface area contributed by atoms with E-state index in [1.54, 1.807) is 6.20 Å². The van der Waals surface area contributed by atoms with Gasteiger partial charge in [-0.2, -0.15) is 8.78 Å². The summed E-state index contributed by atoms with van der Waals surface area (Å²) in [5.74, 6) is 0. The van der Waals surface area contributed by atoms with Crippen LogP contribution < -0.4 is 0 Å². The van der Waals surface area contributed by atoms with E-state index in [1.165, 1.54) is 6.20 Å². The van der Waals surface area contributed by atoms with Gasteiger partial charge in [-0.15, -0.1) is 17.0 Å². The lowest BCUT2D eigenvalue weighted by molar-refractivity contribution is -0.00384. The third-order valence-electron chi connectivity index (χ3n) is 1.47. The molecule has 0 radical (unpaired) electrons. The Morgan fingerprint density at radius 1 is 1.45 bits per heavy atom. The van der Waals surface area contributed by atoms with Crippen molar-refractivity contribution in [2.24, 2.45) is 0 Å². The maximum absolute atomic E-state index is 11.9. The monoisotopic (exact) mass is 228 g/mol. The fourth-order valence-corrected chi connectivity index (χ4v) is 0.816. The highest BCUT2D eigenvalue weighted by Gasteiger charge is 2.17. The molecule has 2 nitrogen and oxygen atoms in total. The molecule has 0 unspecified atom stereocenters. The third kappa shape index (κ3) is 2.65. The first-order valence-electron chi connectivity index (χ1n) is 3.20. The number of halogens is 3. The van der Waals surface area contributed by atoms with Crippen LogP contribution in [-0.4, -0.2) is 29.6 Å². The molecule has 0 aromatic rings. The van der Waals surface area contributed by atoms with Gasteiger partial charge in [0, 0.05) is 18.9 Å². The van der Waals surface area contributed by atoms with Crippen LogP contribution in [0.3, 0.4) is 0 Å². The highest BCUT2D eigenvalue weighted by atomic mass is 79.9. The normalized spacial score (nSPS) is 16.0. The van der Waals surface area contributed by atoms with E-state index in [0.717, 1.165) is 11.4 Å². The van der Waals surface area contributed by atoms with Gasteiger partial charge in [0.2, 0.25) is 0 Å². The molecule has 1 aliphatic heterocycles. The zero-order chi connectivity index (χ0) is 7.56. The van der Waals surface area contributed by atoms with E-state index in [1.807, 2.05) is 11.8 Å². The Morgan fingerprint density at radius 2 is 2.09 bits per heavy atom. The fourth-order valence-electron chi connectivity index (χ4n) is 0.816. The minimum atomic E-state index is -2.37. The number of hydrogen-bond acceptors (Lipinski definition) is 2. The van der Waals surface area contributed by atoms with Gasteiger partial charge in [-0.25, -0.2) is 0 Å². The molecule has 0 N–H and O–H groups in total. The van der Waals surface area contributed by atoms with E-state index in [-0.39, 0.29) is 17.0 Å². The van der Waals surface area contributed by atoms with Crippen LogP contribution in [0.5, 0.6) is 0 Å². The van der Waals surface area contributed by atoms with Crippen molar-refractivity contribution in [2.75, 3.05) is 13.2 Å². The lowest BCUT2D eigenvalue weighted by atomic mass is 10.6. The first kappa shape index (κ1) is 10.7. The smallest absolute Gasteiger partial charge is 0.316 e. The summed E-state index contributed by atoms with van der Waals surface area (Å²) in [6.45, 7) is 0.653. The molecule has 0 saturated carbocycles. The Kier molecular flexibility index (Phi) is 4.40. The Balaban J connectivity index is 0.000001000. The lowest BCUT2D eigenvalue weighted by Crippen LogP contribution is -2.28. The number of hydrogen-bond donors (Lipinski definition) is 0. The van der Waals surface area contributed by atoms with Crippen molar-refractivity contribution in [2.45, 2.75) is 13.5 Å². The average molecular weight is 229 g/mol. The molecule has 0 bridgehead atoms. The molecule has 1 rings (SSSR count). The summed E-state index contributed by atoms with van der Waals surface area (Å²) in [4.78, 5) is 2.80. The van der Waals surface area contributed by atoms with Crippen LogP contribution in [0, 0.1) is 0 Å². The van der Waals surface area contributed by atoms with Crippen LogP contribution in [0.1, 0.15) is 6.92 Å². The van der Waals surface area contributed by atoms with E-state index in [2.05, 4.69) is 0 Å². The van der Waals surface area contributed by atoms with Gasteiger partial charge in [0.15, 0.2) is 0 Å². The second-order valence-corrected chi connectivity index (χ2v) is 2.14. The van der Waals surface area contributed by atoms with E-state index in [0.29, 0.717) is 6.67 Å². The molecule has 11 heavy (non-hydrogen) atoms. The van der Waals surface area contributed by atoms with Crippen molar-refractivity contribution in [1.29, 1.82) is 0 Å². The Bertz CT molecular complexity index is 141. The number of alkyl halides is 2. The quantitative estimate of drug-likeness (QED) is 0.666. The molecule has 5 heteroatoms. The predicted molar refractivity (Wildman–Crippen MR) is 44.6 cm³/mol. The standard InChI is InChI=1S/C6H10F2N2.BrH/c1-2-9-3-4-10(5-9)6(7)8;/h3-4,6H,2,5H2,1H3;1H. The number of nitrogens with zero attached hydrogens (tertiary/aromatic N) is 2. The van der Waals surface area contributed by atoms with Crippen molar-refractivity contribution < 1.29 is 8.78 Å². The second kappa shape index (κ2) is 4.54. The van der Waals surface area contributed by atoms with Gasteiger partial charge in [0.1, 0.15) is 0 Å². The molecular weight excluding hydrogens is 218 g/mol. The van der Waals surface area contributed by atoms with Crippen molar-refractivity contribution in [3.8, 4) is 0 Å². The van der Waals surface area contributed by atoms with Crippen molar-refractivity contribution in [3.63, 3.8) is 0 Å². The molecule has 0 aromatic carbocycles. The summed E-state index contributed by atoms with van der Waals surface area (Å²) in [5.41, 5.74) is 0. The molecular formula is C6H11BrF2N2. The molecule has 0 aliphatic carbocycles. The summed E-state index contributed by atoms with van der Waals surface area (Å²) in [7, 11) is 0. The predicted octanol–water partition coefficient (Wildman–Crippen LogP) is 1.85.